The van der Waals surface area contributed by atoms with E-state index in [0.717, 1.165) is 5.39 Å². The molecule has 8 heteroatoms. The van der Waals surface area contributed by atoms with Crippen LogP contribution in [0.1, 0.15) is 10.4 Å². The number of halogens is 1. The molecule has 1 amide bonds. The van der Waals surface area contributed by atoms with Crippen LogP contribution in [0, 0.1) is 0 Å². The maximum Gasteiger partial charge on any atom is 0.342 e. The van der Waals surface area contributed by atoms with E-state index in [2.05, 4.69) is 5.32 Å². The summed E-state index contributed by atoms with van der Waals surface area (Å²) >= 11 is 6.07. The Labute approximate surface area is 171 Å². The van der Waals surface area contributed by atoms with E-state index >= 15 is 0 Å². The van der Waals surface area contributed by atoms with Gasteiger partial charge in [0.2, 0.25) is 0 Å². The standard InChI is InChI=1S/C21H18ClNO6/c1-27-17-10-18(28-2)16(9-15(17)22)23-19(24)11-29-21(26)14-8-7-12-5-3-4-6-13(12)20(14)25/h3-10,25H,11H2,1-2H3,(H,23,24). The van der Waals surface area contributed by atoms with Gasteiger partial charge in [-0.2, -0.15) is 0 Å². The first-order valence-electron chi connectivity index (χ1n) is 8.53. The highest BCUT2D eigenvalue weighted by Gasteiger charge is 2.18. The molecule has 29 heavy (non-hydrogen) atoms. The van der Waals surface area contributed by atoms with Crippen LogP contribution in [0.3, 0.4) is 0 Å². The van der Waals surface area contributed by atoms with Crippen molar-refractivity contribution in [1.29, 1.82) is 0 Å². The monoisotopic (exact) mass is 415 g/mol. The van der Waals surface area contributed by atoms with Crippen LogP contribution < -0.4 is 14.8 Å². The molecule has 0 aliphatic heterocycles. The van der Waals surface area contributed by atoms with Crippen molar-refractivity contribution in [3.05, 3.63) is 59.1 Å². The van der Waals surface area contributed by atoms with Crippen LogP contribution >= 0.6 is 11.6 Å². The zero-order chi connectivity index (χ0) is 21.0. The average Bonchev–Trinajstić information content (AvgIpc) is 2.72. The molecule has 3 aromatic carbocycles. The Morgan fingerprint density at radius 1 is 1.03 bits per heavy atom. The summed E-state index contributed by atoms with van der Waals surface area (Å²) in [5.74, 6) is -0.892. The van der Waals surface area contributed by atoms with Gasteiger partial charge in [-0.05, 0) is 17.5 Å². The van der Waals surface area contributed by atoms with Crippen molar-refractivity contribution in [3.8, 4) is 17.2 Å². The van der Waals surface area contributed by atoms with Gasteiger partial charge < -0.3 is 24.6 Å². The fraction of sp³-hybridized carbons (Fsp3) is 0.143. The van der Waals surface area contributed by atoms with Crippen LogP contribution in [-0.4, -0.2) is 37.8 Å². The highest BCUT2D eigenvalue weighted by molar-refractivity contribution is 6.32. The zero-order valence-electron chi connectivity index (χ0n) is 15.7. The van der Waals surface area contributed by atoms with Crippen LogP contribution in [-0.2, 0) is 9.53 Å². The first kappa shape index (κ1) is 20.3. The molecule has 0 aliphatic carbocycles. The summed E-state index contributed by atoms with van der Waals surface area (Å²) in [7, 11) is 2.89. The third kappa shape index (κ3) is 4.35. The van der Waals surface area contributed by atoms with Crippen molar-refractivity contribution in [2.24, 2.45) is 0 Å². The van der Waals surface area contributed by atoms with Gasteiger partial charge in [0, 0.05) is 11.5 Å². The van der Waals surface area contributed by atoms with Gasteiger partial charge in [-0.15, -0.1) is 0 Å². The Morgan fingerprint density at radius 3 is 2.48 bits per heavy atom. The molecule has 150 valence electrons. The molecule has 0 saturated carbocycles. The lowest BCUT2D eigenvalue weighted by Gasteiger charge is -2.13. The molecule has 0 spiro atoms. The van der Waals surface area contributed by atoms with Crippen molar-refractivity contribution in [3.63, 3.8) is 0 Å². The number of carbonyl (C=O) groups excluding carboxylic acids is 2. The maximum atomic E-state index is 12.3. The molecule has 0 unspecified atom stereocenters. The van der Waals surface area contributed by atoms with E-state index in [9.17, 15) is 14.7 Å². The maximum absolute atomic E-state index is 12.3. The summed E-state index contributed by atoms with van der Waals surface area (Å²) in [6.07, 6.45) is 0. The van der Waals surface area contributed by atoms with Gasteiger partial charge in [0.25, 0.3) is 5.91 Å². The lowest BCUT2D eigenvalue weighted by molar-refractivity contribution is -0.119. The lowest BCUT2D eigenvalue weighted by atomic mass is 10.1. The number of amides is 1. The van der Waals surface area contributed by atoms with Gasteiger partial charge >= 0.3 is 5.97 Å². The van der Waals surface area contributed by atoms with Crippen LogP contribution in [0.2, 0.25) is 5.02 Å². The third-order valence-corrected chi connectivity index (χ3v) is 4.50. The Morgan fingerprint density at radius 2 is 1.76 bits per heavy atom. The molecule has 2 N–H and O–H groups in total. The van der Waals surface area contributed by atoms with Gasteiger partial charge in [-0.1, -0.05) is 41.9 Å². The molecule has 0 aromatic heterocycles. The second-order valence-corrected chi connectivity index (χ2v) is 6.40. The normalized spacial score (nSPS) is 10.4. The Kier molecular flexibility index (Phi) is 6.09. The van der Waals surface area contributed by atoms with Gasteiger partial charge in [0.1, 0.15) is 22.8 Å². The van der Waals surface area contributed by atoms with E-state index in [-0.39, 0.29) is 16.3 Å². The predicted molar refractivity (Wildman–Crippen MR) is 109 cm³/mol. The lowest BCUT2D eigenvalue weighted by Crippen LogP contribution is -2.21. The van der Waals surface area contributed by atoms with E-state index in [0.29, 0.717) is 22.6 Å². The molecular formula is C21H18ClNO6. The molecule has 0 bridgehead atoms. The summed E-state index contributed by atoms with van der Waals surface area (Å²) in [6, 6.07) is 13.2. The number of benzene rings is 3. The minimum atomic E-state index is -0.817. The number of hydrogen-bond acceptors (Lipinski definition) is 6. The molecule has 0 saturated heterocycles. The highest BCUT2D eigenvalue weighted by atomic mass is 35.5. The van der Waals surface area contributed by atoms with Gasteiger partial charge in [0.05, 0.1) is 24.9 Å². The Bertz CT molecular complexity index is 1080. The molecule has 0 aliphatic rings. The average molecular weight is 416 g/mol. The molecular weight excluding hydrogens is 398 g/mol. The van der Waals surface area contributed by atoms with Crippen molar-refractivity contribution in [2.45, 2.75) is 0 Å². The number of nitrogens with one attached hydrogen (secondary N) is 1. The number of phenols is 1. The quantitative estimate of drug-likeness (QED) is 0.591. The number of methoxy groups -OCH3 is 2. The van der Waals surface area contributed by atoms with E-state index in [1.54, 1.807) is 18.2 Å². The van der Waals surface area contributed by atoms with Crippen molar-refractivity contribution < 1.29 is 28.9 Å². The van der Waals surface area contributed by atoms with E-state index in [1.807, 2.05) is 12.1 Å². The smallest absolute Gasteiger partial charge is 0.342 e. The van der Waals surface area contributed by atoms with Crippen molar-refractivity contribution >= 4 is 39.9 Å². The van der Waals surface area contributed by atoms with Crippen molar-refractivity contribution in [1.82, 2.24) is 0 Å². The molecule has 3 rings (SSSR count). The number of ether oxygens (including phenoxy) is 3. The SMILES string of the molecule is COc1cc(OC)c(NC(=O)COC(=O)c2ccc3ccccc3c2O)cc1Cl. The van der Waals surface area contributed by atoms with Crippen LogP contribution in [0.25, 0.3) is 10.8 Å². The summed E-state index contributed by atoms with van der Waals surface area (Å²) < 4.78 is 15.3. The first-order valence-corrected chi connectivity index (χ1v) is 8.91. The van der Waals surface area contributed by atoms with Crippen molar-refractivity contribution in [2.75, 3.05) is 26.1 Å². The summed E-state index contributed by atoms with van der Waals surface area (Å²) in [5.41, 5.74) is 0.273. The number of hydrogen-bond donors (Lipinski definition) is 2. The van der Waals surface area contributed by atoms with Crippen LogP contribution in [0.15, 0.2) is 48.5 Å². The number of fused-ring (bicyclic) bond motifs is 1. The molecule has 0 fully saturated rings. The molecule has 0 heterocycles. The minimum Gasteiger partial charge on any atom is -0.506 e. The van der Waals surface area contributed by atoms with Gasteiger partial charge in [-0.25, -0.2) is 4.79 Å². The topological polar surface area (TPSA) is 94.1 Å². The summed E-state index contributed by atoms with van der Waals surface area (Å²) in [5, 5.41) is 14.5. The largest absolute Gasteiger partial charge is 0.506 e. The minimum absolute atomic E-state index is 0.0263. The first-order chi connectivity index (χ1) is 13.9. The van der Waals surface area contributed by atoms with Crippen LogP contribution in [0.5, 0.6) is 17.2 Å². The number of carbonyl (C=O) groups is 2. The Balaban J connectivity index is 1.69. The number of rotatable bonds is 6. The fourth-order valence-electron chi connectivity index (χ4n) is 2.77. The van der Waals surface area contributed by atoms with Crippen LogP contribution in [0.4, 0.5) is 5.69 Å². The zero-order valence-corrected chi connectivity index (χ0v) is 16.4. The predicted octanol–water partition coefficient (Wildman–Crippen LogP) is 4.01. The van der Waals surface area contributed by atoms with E-state index in [1.165, 1.54) is 32.4 Å². The molecule has 7 nitrogen and oxygen atoms in total. The van der Waals surface area contributed by atoms with E-state index in [4.69, 9.17) is 25.8 Å². The second kappa shape index (κ2) is 8.70. The fourth-order valence-corrected chi connectivity index (χ4v) is 3.01. The molecule has 3 aromatic rings. The number of anilines is 1. The summed E-state index contributed by atoms with van der Waals surface area (Å²) in [6.45, 7) is -0.558. The number of aromatic hydroxyl groups is 1. The number of esters is 1. The highest BCUT2D eigenvalue weighted by Crippen LogP contribution is 2.36. The van der Waals surface area contributed by atoms with Gasteiger partial charge in [0.15, 0.2) is 6.61 Å². The Hall–Kier alpha value is -3.45. The second-order valence-electron chi connectivity index (χ2n) is 5.99. The molecule has 0 atom stereocenters. The third-order valence-electron chi connectivity index (χ3n) is 4.20. The summed E-state index contributed by atoms with van der Waals surface area (Å²) in [4.78, 5) is 24.5. The van der Waals surface area contributed by atoms with Gasteiger partial charge in [-0.3, -0.25) is 4.79 Å². The molecule has 0 radical (unpaired) electrons. The van der Waals surface area contributed by atoms with E-state index < -0.39 is 18.5 Å². The number of phenolic OH excluding ortho intramolecular Hbond substituents is 1.